The quantitative estimate of drug-likeness (QED) is 0.132. The van der Waals surface area contributed by atoms with E-state index in [0.717, 1.165) is 11.1 Å². The van der Waals surface area contributed by atoms with E-state index >= 15 is 0 Å². The van der Waals surface area contributed by atoms with Crippen molar-refractivity contribution >= 4 is 33.2 Å². The number of aromatic nitrogens is 4. The van der Waals surface area contributed by atoms with E-state index in [1.807, 2.05) is 60.7 Å². The highest BCUT2D eigenvalue weighted by atomic mass is 31.2. The minimum Gasteiger partial charge on any atom is -0.479 e. The zero-order valence-corrected chi connectivity index (χ0v) is 29.6. The molecule has 4 aromatic rings. The van der Waals surface area contributed by atoms with Gasteiger partial charge in [0.25, 0.3) is 0 Å². The summed E-state index contributed by atoms with van der Waals surface area (Å²) >= 11 is 0. The Balaban J connectivity index is 1.13. The van der Waals surface area contributed by atoms with Crippen LogP contribution in [0.15, 0.2) is 79.1 Å². The number of rotatable bonds is 13. The van der Waals surface area contributed by atoms with Gasteiger partial charge in [0, 0.05) is 12.8 Å². The largest absolute Gasteiger partial charge is 0.479 e. The maximum absolute atomic E-state index is 14.2. The fourth-order valence-corrected chi connectivity index (χ4v) is 10.0. The highest BCUT2D eigenvalue weighted by Gasteiger charge is 2.59. The highest BCUT2D eigenvalue weighted by molar-refractivity contribution is 7.60. The number of imidazole rings is 1. The Morgan fingerprint density at radius 1 is 0.941 bits per heavy atom. The molecule has 0 radical (unpaired) electrons. The molecular weight excluding hydrogens is 704 g/mol. The van der Waals surface area contributed by atoms with Crippen molar-refractivity contribution in [1.29, 1.82) is 0 Å². The Kier molecular flexibility index (Phi) is 10.7. The second-order valence-corrected chi connectivity index (χ2v) is 16.0. The second kappa shape index (κ2) is 15.2. The predicted octanol–water partition coefficient (Wildman–Crippen LogP) is 3.41. The molecule has 16 nitrogen and oxygen atoms in total. The number of hydrogen-bond acceptors (Lipinski definition) is 15. The number of fused-ring (bicyclic) bond motifs is 1. The van der Waals surface area contributed by atoms with E-state index in [-0.39, 0.29) is 42.7 Å². The molecule has 2 aromatic heterocycles. The molecule has 51 heavy (non-hydrogen) atoms. The lowest BCUT2D eigenvalue weighted by Gasteiger charge is -2.35. The summed E-state index contributed by atoms with van der Waals surface area (Å²) in [4.78, 5) is 12.7. The monoisotopic (exact) mass is 743 g/mol. The first-order valence-electron chi connectivity index (χ1n) is 16.3. The van der Waals surface area contributed by atoms with Crippen LogP contribution in [0.3, 0.4) is 0 Å². The summed E-state index contributed by atoms with van der Waals surface area (Å²) < 4.78 is 70.1. The molecule has 18 heteroatoms. The molecule has 4 heterocycles. The Morgan fingerprint density at radius 3 is 2.02 bits per heavy atom. The standard InChI is InChI=1S/C33H39N5O11P2/c1-19-22(38-18-35-29-30(38)36-32(34)37-31(29)43-2)15-23(39)28(19)33(40,50(41)48-26-16-44-24(46-26)13-20-9-5-3-6-10-20)51(42)49-27-17-45-25(47-27)14-21-11-7-4-8-12-21/h3-12,18,22-28,39-40,50-51H,1,13-17H2,2H3,(H2,34,36,37)/t22-,23-,24?,25?,26?,27?,28+,33?/m0/s1. The van der Waals surface area contributed by atoms with E-state index in [2.05, 4.69) is 21.5 Å². The Hall–Kier alpha value is -3.53. The van der Waals surface area contributed by atoms with Crippen LogP contribution in [0.25, 0.3) is 11.2 Å². The molecule has 1 saturated carbocycles. The molecule has 2 aliphatic heterocycles. The number of nitrogens with zero attached hydrogens (tertiary/aromatic N) is 4. The maximum Gasteiger partial charge on any atom is 0.246 e. The van der Waals surface area contributed by atoms with Crippen LogP contribution in [0, 0.1) is 5.92 Å². The van der Waals surface area contributed by atoms with Crippen molar-refractivity contribution in [3.8, 4) is 5.88 Å². The van der Waals surface area contributed by atoms with E-state index < -0.39 is 64.4 Å². The lowest BCUT2D eigenvalue weighted by molar-refractivity contribution is -0.106. The third-order valence-electron chi connectivity index (χ3n) is 9.10. The zero-order chi connectivity index (χ0) is 35.7. The number of anilines is 1. The molecule has 4 N–H and O–H groups in total. The van der Waals surface area contributed by atoms with Crippen LogP contribution in [-0.2, 0) is 50.0 Å². The summed E-state index contributed by atoms with van der Waals surface area (Å²) in [5, 5.41) is 21.2. The van der Waals surface area contributed by atoms with Gasteiger partial charge in [0.2, 0.25) is 33.0 Å². The number of nitrogens with two attached hydrogens (primary N) is 1. The minimum absolute atomic E-state index is 0.0435. The predicted molar refractivity (Wildman–Crippen MR) is 183 cm³/mol. The summed E-state index contributed by atoms with van der Waals surface area (Å²) in [5.74, 6) is -1.40. The minimum atomic E-state index is -3.80. The van der Waals surface area contributed by atoms with Crippen molar-refractivity contribution in [2.75, 3.05) is 26.1 Å². The molecule has 2 saturated heterocycles. The van der Waals surface area contributed by atoms with Crippen molar-refractivity contribution in [2.45, 2.75) is 61.7 Å². The van der Waals surface area contributed by atoms with Crippen molar-refractivity contribution in [1.82, 2.24) is 19.5 Å². The second-order valence-electron chi connectivity index (χ2n) is 12.4. The van der Waals surface area contributed by atoms with Crippen LogP contribution in [-0.4, -0.2) is 86.4 Å². The topological polar surface area (TPSA) is 209 Å². The van der Waals surface area contributed by atoms with Gasteiger partial charge in [0.15, 0.2) is 36.3 Å². The van der Waals surface area contributed by atoms with Gasteiger partial charge in [-0.1, -0.05) is 67.2 Å². The Morgan fingerprint density at radius 2 is 1.49 bits per heavy atom. The van der Waals surface area contributed by atoms with Crippen molar-refractivity contribution in [3.63, 3.8) is 0 Å². The van der Waals surface area contributed by atoms with Crippen LogP contribution < -0.4 is 10.5 Å². The van der Waals surface area contributed by atoms with Crippen LogP contribution in [0.5, 0.6) is 5.88 Å². The Labute approximate surface area is 294 Å². The van der Waals surface area contributed by atoms with Crippen LogP contribution in [0.1, 0.15) is 23.6 Å². The first-order chi connectivity index (χ1) is 24.6. The Bertz CT molecular complexity index is 1830. The normalized spacial score (nSPS) is 28.9. The van der Waals surface area contributed by atoms with Gasteiger partial charge in [-0.3, -0.25) is 18.2 Å². The third-order valence-corrected chi connectivity index (χ3v) is 13.1. The van der Waals surface area contributed by atoms with Gasteiger partial charge >= 0.3 is 0 Å². The summed E-state index contributed by atoms with van der Waals surface area (Å²) in [6.45, 7) is 3.96. The third kappa shape index (κ3) is 7.40. The molecule has 0 amide bonds. The summed E-state index contributed by atoms with van der Waals surface area (Å²) in [6, 6.07) is 18.2. The summed E-state index contributed by atoms with van der Waals surface area (Å²) in [5.41, 5.74) is 8.57. The molecule has 0 spiro atoms. The lowest BCUT2D eigenvalue weighted by Crippen LogP contribution is -2.39. The highest BCUT2D eigenvalue weighted by Crippen LogP contribution is 2.65. The number of methoxy groups -OCH3 is 1. The molecule has 0 bridgehead atoms. The average molecular weight is 744 g/mol. The van der Waals surface area contributed by atoms with E-state index in [1.165, 1.54) is 13.4 Å². The van der Waals surface area contributed by atoms with Crippen LogP contribution in [0.4, 0.5) is 5.95 Å². The number of hydrogen-bond donors (Lipinski definition) is 3. The van der Waals surface area contributed by atoms with Crippen LogP contribution in [0.2, 0.25) is 0 Å². The molecule has 3 fully saturated rings. The number of ether oxygens (including phenoxy) is 5. The summed E-state index contributed by atoms with van der Waals surface area (Å²) in [7, 11) is -6.19. The lowest BCUT2D eigenvalue weighted by atomic mass is 10.0. The van der Waals surface area contributed by atoms with Gasteiger partial charge in [-0.25, -0.2) is 4.98 Å². The molecular formula is C33H39N5O11P2. The molecule has 272 valence electrons. The smallest absolute Gasteiger partial charge is 0.246 e. The molecule has 7 rings (SSSR count). The van der Waals surface area contributed by atoms with E-state index in [1.54, 1.807) is 4.57 Å². The van der Waals surface area contributed by atoms with Gasteiger partial charge in [0.1, 0.15) is 13.2 Å². The molecule has 6 unspecified atom stereocenters. The fourth-order valence-electron chi connectivity index (χ4n) is 6.66. The SMILES string of the molecule is C=C1[C@@H](C(O)([PH](=O)OC2COC(Cc3ccccc3)O2)[PH](=O)OC2COC(Cc3ccccc3)O2)[C@@H](O)C[C@@H]1n1cnc2c(OC)nc(N)nc21. The van der Waals surface area contributed by atoms with Gasteiger partial charge in [-0.2, -0.15) is 9.97 Å². The zero-order valence-electron chi connectivity index (χ0n) is 27.6. The number of nitrogen functional groups attached to an aromatic ring is 1. The van der Waals surface area contributed by atoms with E-state index in [4.69, 9.17) is 38.5 Å². The fraction of sp³-hybridized carbons (Fsp3) is 0.424. The molecule has 9 atom stereocenters. The van der Waals surface area contributed by atoms with Crippen molar-refractivity contribution < 1.29 is 52.1 Å². The van der Waals surface area contributed by atoms with E-state index in [9.17, 15) is 19.3 Å². The first kappa shape index (κ1) is 35.9. The summed E-state index contributed by atoms with van der Waals surface area (Å²) in [6.07, 6.45) is -2.97. The molecule has 3 aliphatic rings. The van der Waals surface area contributed by atoms with Crippen LogP contribution >= 0.6 is 16.1 Å². The van der Waals surface area contributed by atoms with Gasteiger partial charge in [-0.15, -0.1) is 0 Å². The first-order valence-corrected chi connectivity index (χ1v) is 18.9. The molecule has 2 aromatic carbocycles. The number of aliphatic hydroxyl groups is 2. The van der Waals surface area contributed by atoms with Crippen molar-refractivity contribution in [3.05, 3.63) is 90.3 Å². The number of benzene rings is 2. The average Bonchev–Trinajstić information content (AvgIpc) is 3.92. The van der Waals surface area contributed by atoms with Gasteiger partial charge in [0.05, 0.1) is 31.5 Å². The molecule has 1 aliphatic carbocycles. The number of aliphatic hydroxyl groups excluding tert-OH is 1. The van der Waals surface area contributed by atoms with Crippen molar-refractivity contribution in [2.24, 2.45) is 5.92 Å². The van der Waals surface area contributed by atoms with E-state index in [0.29, 0.717) is 18.4 Å². The maximum atomic E-state index is 14.2. The van der Waals surface area contributed by atoms with Gasteiger partial charge in [-0.05, 0) is 23.1 Å². The van der Waals surface area contributed by atoms with Gasteiger partial charge < -0.3 is 44.2 Å².